The fourth-order valence-corrected chi connectivity index (χ4v) is 2.71. The maximum atomic E-state index is 10.6. The molecule has 0 aromatic rings. The molecule has 5 heteroatoms. The number of carbonyl (C=O) groups is 1. The van der Waals surface area contributed by atoms with Crippen LogP contribution in [0.3, 0.4) is 0 Å². The van der Waals surface area contributed by atoms with E-state index >= 15 is 0 Å². The van der Waals surface area contributed by atoms with Crippen molar-refractivity contribution < 1.29 is 4.79 Å². The van der Waals surface area contributed by atoms with E-state index in [1.807, 2.05) is 0 Å². The molecule has 2 N–H and O–H groups in total. The molecule has 1 heterocycles. The van der Waals surface area contributed by atoms with Crippen molar-refractivity contribution in [3.05, 3.63) is 0 Å². The van der Waals surface area contributed by atoms with E-state index in [9.17, 15) is 4.79 Å². The first kappa shape index (κ1) is 12.4. The van der Waals surface area contributed by atoms with Crippen LogP contribution in [0.25, 0.3) is 0 Å². The summed E-state index contributed by atoms with van der Waals surface area (Å²) in [4.78, 5) is 15.0. The lowest BCUT2D eigenvalue weighted by molar-refractivity contribution is -0.118. The molecule has 0 saturated carbocycles. The van der Waals surface area contributed by atoms with Gasteiger partial charge in [0.15, 0.2) is 5.17 Å². The van der Waals surface area contributed by atoms with Crippen molar-refractivity contribution in [1.82, 2.24) is 10.6 Å². The Morgan fingerprint density at radius 3 is 3.00 bits per heavy atom. The highest BCUT2D eigenvalue weighted by Gasteiger charge is 2.19. The van der Waals surface area contributed by atoms with Gasteiger partial charge in [-0.25, -0.2) is 0 Å². The van der Waals surface area contributed by atoms with Crippen molar-refractivity contribution in [3.8, 4) is 0 Å². The second-order valence-electron chi connectivity index (χ2n) is 3.88. The minimum Gasteiger partial charge on any atom is -0.362 e. The van der Waals surface area contributed by atoms with E-state index < -0.39 is 0 Å². The molecular formula is C10H19N3OS. The van der Waals surface area contributed by atoms with Crippen molar-refractivity contribution in [2.75, 3.05) is 13.1 Å². The molecule has 1 aliphatic heterocycles. The van der Waals surface area contributed by atoms with Gasteiger partial charge in [-0.2, -0.15) is 0 Å². The zero-order valence-electron chi connectivity index (χ0n) is 9.54. The maximum Gasteiger partial charge on any atom is 0.216 e. The number of rotatable bonds is 3. The Morgan fingerprint density at radius 2 is 2.40 bits per heavy atom. The molecule has 0 aromatic carbocycles. The van der Waals surface area contributed by atoms with Crippen LogP contribution in [0.4, 0.5) is 0 Å². The van der Waals surface area contributed by atoms with Gasteiger partial charge in [0.2, 0.25) is 5.91 Å². The van der Waals surface area contributed by atoms with Crippen LogP contribution in [0.1, 0.15) is 27.2 Å². The SMILES string of the molecule is CC(=O)NCCN=C1NC(C)CC(C)S1. The first-order valence-electron chi connectivity index (χ1n) is 5.30. The molecule has 0 bridgehead atoms. The Hall–Kier alpha value is -0.710. The first-order valence-corrected chi connectivity index (χ1v) is 6.18. The molecule has 2 atom stereocenters. The number of nitrogens with zero attached hydrogens (tertiary/aromatic N) is 1. The minimum absolute atomic E-state index is 0.00110. The van der Waals surface area contributed by atoms with Crippen LogP contribution in [0.2, 0.25) is 0 Å². The summed E-state index contributed by atoms with van der Waals surface area (Å²) in [6.45, 7) is 7.16. The van der Waals surface area contributed by atoms with Crippen LogP contribution in [0.15, 0.2) is 4.99 Å². The van der Waals surface area contributed by atoms with Gasteiger partial charge in [-0.05, 0) is 13.3 Å². The molecule has 15 heavy (non-hydrogen) atoms. The molecule has 0 aliphatic carbocycles. The zero-order valence-corrected chi connectivity index (χ0v) is 10.4. The lowest BCUT2D eigenvalue weighted by atomic mass is 10.2. The highest BCUT2D eigenvalue weighted by molar-refractivity contribution is 8.14. The van der Waals surface area contributed by atoms with Crippen molar-refractivity contribution in [2.45, 2.75) is 38.5 Å². The largest absolute Gasteiger partial charge is 0.362 e. The fourth-order valence-electron chi connectivity index (χ4n) is 1.51. The molecule has 0 spiro atoms. The van der Waals surface area contributed by atoms with Gasteiger partial charge < -0.3 is 10.6 Å². The molecule has 1 saturated heterocycles. The molecule has 86 valence electrons. The Labute approximate surface area is 95.3 Å². The minimum atomic E-state index is 0.00110. The summed E-state index contributed by atoms with van der Waals surface area (Å²) in [5.41, 5.74) is 0. The summed E-state index contributed by atoms with van der Waals surface area (Å²) >= 11 is 1.78. The van der Waals surface area contributed by atoms with Gasteiger partial charge in [0.25, 0.3) is 0 Å². The average Bonchev–Trinajstić information content (AvgIpc) is 2.10. The van der Waals surface area contributed by atoms with E-state index in [1.54, 1.807) is 11.8 Å². The van der Waals surface area contributed by atoms with Crippen molar-refractivity contribution in [1.29, 1.82) is 0 Å². The van der Waals surface area contributed by atoms with E-state index in [2.05, 4.69) is 29.5 Å². The number of hydrogen-bond acceptors (Lipinski definition) is 3. The molecule has 2 unspecified atom stereocenters. The Morgan fingerprint density at radius 1 is 1.67 bits per heavy atom. The van der Waals surface area contributed by atoms with Gasteiger partial charge in [-0.1, -0.05) is 18.7 Å². The number of nitrogens with one attached hydrogen (secondary N) is 2. The van der Waals surface area contributed by atoms with Crippen LogP contribution < -0.4 is 10.6 Å². The van der Waals surface area contributed by atoms with Crippen LogP contribution in [0, 0.1) is 0 Å². The summed E-state index contributed by atoms with van der Waals surface area (Å²) in [5, 5.41) is 7.69. The summed E-state index contributed by atoms with van der Waals surface area (Å²) in [6.07, 6.45) is 1.18. The summed E-state index contributed by atoms with van der Waals surface area (Å²) in [5.74, 6) is 0.00110. The van der Waals surface area contributed by atoms with Gasteiger partial charge in [-0.15, -0.1) is 0 Å². The van der Waals surface area contributed by atoms with E-state index in [0.29, 0.717) is 24.4 Å². The number of hydrogen-bond donors (Lipinski definition) is 2. The van der Waals surface area contributed by atoms with Gasteiger partial charge in [0.1, 0.15) is 0 Å². The lowest BCUT2D eigenvalue weighted by Gasteiger charge is -2.26. The number of aliphatic imine (C=N–C) groups is 1. The second kappa shape index (κ2) is 6.00. The molecule has 1 amide bonds. The fraction of sp³-hybridized carbons (Fsp3) is 0.800. The number of amides is 1. The van der Waals surface area contributed by atoms with Gasteiger partial charge >= 0.3 is 0 Å². The molecule has 0 aromatic heterocycles. The third-order valence-corrected chi connectivity index (χ3v) is 3.17. The van der Waals surface area contributed by atoms with Crippen LogP contribution >= 0.6 is 11.8 Å². The predicted octanol–water partition coefficient (Wildman–Crippen LogP) is 0.982. The molecule has 4 nitrogen and oxygen atoms in total. The zero-order chi connectivity index (χ0) is 11.3. The van der Waals surface area contributed by atoms with Gasteiger partial charge in [0.05, 0.1) is 6.54 Å². The third-order valence-electron chi connectivity index (χ3n) is 2.11. The molecule has 1 aliphatic rings. The third kappa shape index (κ3) is 5.06. The Kier molecular flexibility index (Phi) is 4.94. The van der Waals surface area contributed by atoms with E-state index in [4.69, 9.17) is 0 Å². The lowest BCUT2D eigenvalue weighted by Crippen LogP contribution is -2.38. The van der Waals surface area contributed by atoms with Crippen LogP contribution in [0.5, 0.6) is 0 Å². The smallest absolute Gasteiger partial charge is 0.216 e. The summed E-state index contributed by atoms with van der Waals surface area (Å²) in [7, 11) is 0. The quantitative estimate of drug-likeness (QED) is 0.709. The van der Waals surface area contributed by atoms with Crippen molar-refractivity contribution in [3.63, 3.8) is 0 Å². The first-order chi connectivity index (χ1) is 7.08. The van der Waals surface area contributed by atoms with Crippen molar-refractivity contribution >= 4 is 22.8 Å². The van der Waals surface area contributed by atoms with Gasteiger partial charge in [0, 0.05) is 24.8 Å². The number of amidine groups is 1. The monoisotopic (exact) mass is 229 g/mol. The van der Waals surface area contributed by atoms with E-state index in [1.165, 1.54) is 13.3 Å². The summed E-state index contributed by atoms with van der Waals surface area (Å²) < 4.78 is 0. The second-order valence-corrected chi connectivity index (χ2v) is 5.31. The molecule has 1 rings (SSSR count). The predicted molar refractivity (Wildman–Crippen MR) is 65.3 cm³/mol. The number of carbonyl (C=O) groups excluding carboxylic acids is 1. The molecular weight excluding hydrogens is 210 g/mol. The Bertz CT molecular complexity index is 243. The van der Waals surface area contributed by atoms with Gasteiger partial charge in [-0.3, -0.25) is 9.79 Å². The maximum absolute atomic E-state index is 10.6. The van der Waals surface area contributed by atoms with Crippen LogP contribution in [-0.4, -0.2) is 35.5 Å². The normalized spacial score (nSPS) is 28.6. The number of thioether (sulfide) groups is 1. The highest BCUT2D eigenvalue weighted by atomic mass is 32.2. The topological polar surface area (TPSA) is 53.5 Å². The summed E-state index contributed by atoms with van der Waals surface area (Å²) in [6, 6.07) is 0.501. The van der Waals surface area contributed by atoms with Crippen molar-refractivity contribution in [2.24, 2.45) is 4.99 Å². The van der Waals surface area contributed by atoms with E-state index in [0.717, 1.165) is 5.17 Å². The molecule has 1 fully saturated rings. The van der Waals surface area contributed by atoms with Crippen LogP contribution in [-0.2, 0) is 4.79 Å². The van der Waals surface area contributed by atoms with E-state index in [-0.39, 0.29) is 5.91 Å². The molecule has 0 radical (unpaired) electrons. The standard InChI is InChI=1S/C10H19N3OS/c1-7-6-8(2)15-10(13-7)12-5-4-11-9(3)14/h7-8H,4-6H2,1-3H3,(H,11,14)(H,12,13). The highest BCUT2D eigenvalue weighted by Crippen LogP contribution is 2.21. The Balaban J connectivity index is 2.29. The average molecular weight is 229 g/mol.